The van der Waals surface area contributed by atoms with E-state index in [0.717, 1.165) is 24.8 Å². The van der Waals surface area contributed by atoms with Crippen molar-refractivity contribution in [2.45, 2.75) is 27.2 Å². The van der Waals surface area contributed by atoms with Crippen LogP contribution in [0.1, 0.15) is 27.2 Å². The molecule has 0 aromatic heterocycles. The number of anilines is 1. The Morgan fingerprint density at radius 2 is 1.78 bits per heavy atom. The number of hydrogen-bond acceptors (Lipinski definition) is 2. The van der Waals surface area contributed by atoms with Crippen molar-refractivity contribution in [1.82, 2.24) is 4.90 Å². The molecule has 0 amide bonds. The van der Waals surface area contributed by atoms with Crippen LogP contribution >= 0.6 is 11.6 Å². The number of benzene rings is 1. The average molecular weight is 267 g/mol. The van der Waals surface area contributed by atoms with Crippen molar-refractivity contribution < 1.29 is 0 Å². The SMILES string of the molecule is CC(C)(C)CN1CCCN(c2ccc(Cl)cc2)C1. The van der Waals surface area contributed by atoms with Crippen molar-refractivity contribution in [3.63, 3.8) is 0 Å². The fraction of sp³-hybridized carbons (Fsp3) is 0.600. The van der Waals surface area contributed by atoms with Crippen LogP contribution in [0, 0.1) is 5.41 Å². The molecule has 0 atom stereocenters. The Morgan fingerprint density at radius 1 is 1.11 bits per heavy atom. The third kappa shape index (κ3) is 3.89. The highest BCUT2D eigenvalue weighted by Crippen LogP contribution is 2.23. The smallest absolute Gasteiger partial charge is 0.0707 e. The summed E-state index contributed by atoms with van der Waals surface area (Å²) in [5.41, 5.74) is 1.64. The summed E-state index contributed by atoms with van der Waals surface area (Å²) in [6, 6.07) is 8.17. The lowest BCUT2D eigenvalue weighted by Gasteiger charge is -2.39. The van der Waals surface area contributed by atoms with Gasteiger partial charge in [-0.2, -0.15) is 0 Å². The standard InChI is InChI=1S/C15H23ClN2/c1-15(2,3)11-17-9-4-10-18(12-17)14-7-5-13(16)6-8-14/h5-8H,4,9-12H2,1-3H3. The van der Waals surface area contributed by atoms with Crippen molar-refractivity contribution >= 4 is 17.3 Å². The molecule has 0 spiro atoms. The number of halogens is 1. The van der Waals surface area contributed by atoms with Gasteiger partial charge in [0, 0.05) is 30.3 Å². The molecule has 0 unspecified atom stereocenters. The summed E-state index contributed by atoms with van der Waals surface area (Å²) in [5, 5.41) is 0.808. The monoisotopic (exact) mass is 266 g/mol. The molecule has 1 aromatic carbocycles. The average Bonchev–Trinajstić information content (AvgIpc) is 2.28. The van der Waals surface area contributed by atoms with Gasteiger partial charge in [-0.3, -0.25) is 4.90 Å². The van der Waals surface area contributed by atoms with Crippen LogP contribution in [0.25, 0.3) is 0 Å². The summed E-state index contributed by atoms with van der Waals surface area (Å²) in [7, 11) is 0. The highest BCUT2D eigenvalue weighted by molar-refractivity contribution is 6.30. The largest absolute Gasteiger partial charge is 0.358 e. The second-order valence-electron chi connectivity index (χ2n) is 6.35. The molecule has 0 radical (unpaired) electrons. The van der Waals surface area contributed by atoms with Gasteiger partial charge in [0.25, 0.3) is 0 Å². The van der Waals surface area contributed by atoms with Gasteiger partial charge in [0.2, 0.25) is 0 Å². The molecule has 2 nitrogen and oxygen atoms in total. The summed E-state index contributed by atoms with van der Waals surface area (Å²) < 4.78 is 0. The molecule has 1 saturated heterocycles. The zero-order valence-electron chi connectivity index (χ0n) is 11.6. The normalized spacial score (nSPS) is 18.1. The van der Waals surface area contributed by atoms with Gasteiger partial charge in [-0.25, -0.2) is 0 Å². The molecule has 1 aliphatic heterocycles. The first-order chi connectivity index (χ1) is 8.44. The van der Waals surface area contributed by atoms with Gasteiger partial charge < -0.3 is 4.90 Å². The van der Waals surface area contributed by atoms with Crippen LogP contribution in [-0.2, 0) is 0 Å². The summed E-state index contributed by atoms with van der Waals surface area (Å²) in [4.78, 5) is 4.98. The highest BCUT2D eigenvalue weighted by atomic mass is 35.5. The number of rotatable bonds is 2. The Kier molecular flexibility index (Phi) is 4.18. The maximum absolute atomic E-state index is 5.94. The number of nitrogens with zero attached hydrogens (tertiary/aromatic N) is 2. The zero-order valence-corrected chi connectivity index (χ0v) is 12.4. The van der Waals surface area contributed by atoms with Gasteiger partial charge in [-0.1, -0.05) is 32.4 Å². The van der Waals surface area contributed by atoms with E-state index in [-0.39, 0.29) is 0 Å². The third-order valence-electron chi connectivity index (χ3n) is 3.16. The molecule has 1 fully saturated rings. The van der Waals surface area contributed by atoms with Crippen LogP contribution in [0.5, 0.6) is 0 Å². The molecule has 1 heterocycles. The molecular formula is C15H23ClN2. The van der Waals surface area contributed by atoms with Crippen molar-refractivity contribution in [3.8, 4) is 0 Å². The Labute approximate surface area is 116 Å². The van der Waals surface area contributed by atoms with Crippen LogP contribution in [-0.4, -0.2) is 31.2 Å². The lowest BCUT2D eigenvalue weighted by molar-refractivity contribution is 0.171. The van der Waals surface area contributed by atoms with Gasteiger partial charge in [0.1, 0.15) is 0 Å². The fourth-order valence-corrected chi connectivity index (χ4v) is 2.66. The van der Waals surface area contributed by atoms with E-state index in [1.807, 2.05) is 12.1 Å². The molecule has 1 aliphatic rings. The topological polar surface area (TPSA) is 6.48 Å². The van der Waals surface area contributed by atoms with E-state index in [9.17, 15) is 0 Å². The first-order valence-electron chi connectivity index (χ1n) is 6.67. The van der Waals surface area contributed by atoms with Crippen LogP contribution in [0.4, 0.5) is 5.69 Å². The minimum Gasteiger partial charge on any atom is -0.358 e. The molecule has 0 aliphatic carbocycles. The van der Waals surface area contributed by atoms with Gasteiger partial charge in [-0.05, 0) is 36.1 Å². The van der Waals surface area contributed by atoms with Crippen LogP contribution in [0.2, 0.25) is 5.02 Å². The minimum atomic E-state index is 0.364. The summed E-state index contributed by atoms with van der Waals surface area (Å²) >= 11 is 5.94. The zero-order chi connectivity index (χ0) is 13.2. The molecule has 2 rings (SSSR count). The summed E-state index contributed by atoms with van der Waals surface area (Å²) in [6.07, 6.45) is 1.23. The van der Waals surface area contributed by atoms with Gasteiger partial charge in [0.05, 0.1) is 6.67 Å². The minimum absolute atomic E-state index is 0.364. The number of hydrogen-bond donors (Lipinski definition) is 0. The first-order valence-corrected chi connectivity index (χ1v) is 7.05. The van der Waals surface area contributed by atoms with Gasteiger partial charge >= 0.3 is 0 Å². The molecule has 0 N–H and O–H groups in total. The maximum Gasteiger partial charge on any atom is 0.0707 e. The second-order valence-corrected chi connectivity index (χ2v) is 6.78. The molecule has 0 saturated carbocycles. The van der Waals surface area contributed by atoms with E-state index in [4.69, 9.17) is 11.6 Å². The van der Waals surface area contributed by atoms with Crippen LogP contribution < -0.4 is 4.90 Å². The maximum atomic E-state index is 5.94. The highest BCUT2D eigenvalue weighted by Gasteiger charge is 2.22. The van der Waals surface area contributed by atoms with E-state index in [0.29, 0.717) is 5.41 Å². The molecule has 100 valence electrons. The van der Waals surface area contributed by atoms with E-state index >= 15 is 0 Å². The molecule has 0 bridgehead atoms. The predicted octanol–water partition coefficient (Wildman–Crippen LogP) is 3.86. The van der Waals surface area contributed by atoms with Crippen molar-refractivity contribution in [2.75, 3.05) is 31.2 Å². The summed E-state index contributed by atoms with van der Waals surface area (Å²) in [5.74, 6) is 0. The van der Waals surface area contributed by atoms with E-state index < -0.39 is 0 Å². The third-order valence-corrected chi connectivity index (χ3v) is 3.41. The lowest BCUT2D eigenvalue weighted by atomic mass is 9.96. The van der Waals surface area contributed by atoms with Crippen LogP contribution in [0.3, 0.4) is 0 Å². The Bertz CT molecular complexity index is 380. The van der Waals surface area contributed by atoms with E-state index in [2.05, 4.69) is 42.7 Å². The Hall–Kier alpha value is -0.730. The fourth-order valence-electron chi connectivity index (χ4n) is 2.53. The van der Waals surface area contributed by atoms with E-state index in [1.54, 1.807) is 0 Å². The van der Waals surface area contributed by atoms with E-state index in [1.165, 1.54) is 18.7 Å². The molecule has 1 aromatic rings. The van der Waals surface area contributed by atoms with Gasteiger partial charge in [-0.15, -0.1) is 0 Å². The summed E-state index contributed by atoms with van der Waals surface area (Å²) in [6.45, 7) is 11.4. The Balaban J connectivity index is 2.00. The lowest BCUT2D eigenvalue weighted by Crippen LogP contribution is -2.47. The molecular weight excluding hydrogens is 244 g/mol. The van der Waals surface area contributed by atoms with Crippen molar-refractivity contribution in [3.05, 3.63) is 29.3 Å². The molecule has 18 heavy (non-hydrogen) atoms. The van der Waals surface area contributed by atoms with Crippen molar-refractivity contribution in [2.24, 2.45) is 5.41 Å². The van der Waals surface area contributed by atoms with Crippen molar-refractivity contribution in [1.29, 1.82) is 0 Å². The van der Waals surface area contributed by atoms with Gasteiger partial charge in [0.15, 0.2) is 0 Å². The van der Waals surface area contributed by atoms with Crippen LogP contribution in [0.15, 0.2) is 24.3 Å². The molecule has 3 heteroatoms. The Morgan fingerprint density at radius 3 is 2.39 bits per heavy atom. The predicted molar refractivity (Wildman–Crippen MR) is 79.3 cm³/mol. The second kappa shape index (κ2) is 5.50. The first kappa shape index (κ1) is 13.7. The quantitative estimate of drug-likeness (QED) is 0.802.